The summed E-state index contributed by atoms with van der Waals surface area (Å²) in [5.41, 5.74) is 3.20. The SMILES string of the molecule is Cc1ccc(-c2ccc([C@H]3[C@H](c4ccccn4)NC(=S)N3CCC(=O)Nc3ccc(F)cc3)o2)cc1Cl. The summed E-state index contributed by atoms with van der Waals surface area (Å²) >= 11 is 12.0. The molecule has 1 fully saturated rings. The van der Waals surface area contributed by atoms with E-state index in [1.807, 2.05) is 60.4 Å². The van der Waals surface area contributed by atoms with Crippen molar-refractivity contribution in [2.75, 3.05) is 11.9 Å². The Bertz CT molecular complexity index is 1430. The Morgan fingerprint density at radius 3 is 2.70 bits per heavy atom. The van der Waals surface area contributed by atoms with Crippen LogP contribution in [0.3, 0.4) is 0 Å². The Labute approximate surface area is 224 Å². The first kappa shape index (κ1) is 24.9. The fourth-order valence-electron chi connectivity index (χ4n) is 4.35. The van der Waals surface area contributed by atoms with Gasteiger partial charge in [-0.05, 0) is 79.3 Å². The van der Waals surface area contributed by atoms with Crippen molar-refractivity contribution >= 4 is 40.5 Å². The van der Waals surface area contributed by atoms with Crippen LogP contribution in [0.15, 0.2) is 83.4 Å². The summed E-state index contributed by atoms with van der Waals surface area (Å²) in [6, 6.07) is 20.4. The number of hydrogen-bond acceptors (Lipinski definition) is 4. The Morgan fingerprint density at radius 1 is 1.16 bits per heavy atom. The minimum absolute atomic E-state index is 0.172. The summed E-state index contributed by atoms with van der Waals surface area (Å²) in [5.74, 6) is 0.807. The summed E-state index contributed by atoms with van der Waals surface area (Å²) in [6.07, 6.45) is 1.91. The molecule has 2 aromatic carbocycles. The van der Waals surface area contributed by atoms with Crippen LogP contribution in [-0.4, -0.2) is 27.4 Å². The van der Waals surface area contributed by atoms with Gasteiger partial charge in [-0.15, -0.1) is 0 Å². The predicted octanol–water partition coefficient (Wildman–Crippen LogP) is 6.44. The second-order valence-electron chi connectivity index (χ2n) is 8.79. The van der Waals surface area contributed by atoms with E-state index >= 15 is 0 Å². The standard InChI is InChI=1S/C28H24ClFN4O2S/c1-17-5-6-18(16-21(17)29)23-11-12-24(36-23)27-26(22-4-2-3-14-31-22)33-28(37)34(27)15-13-25(35)32-20-9-7-19(30)8-10-20/h2-12,14,16,26-27H,13,15H2,1H3,(H,32,35)(H,33,37)/t26-,27-/m0/s1. The van der Waals surface area contributed by atoms with Gasteiger partial charge in [0.25, 0.3) is 0 Å². The molecule has 4 aromatic rings. The topological polar surface area (TPSA) is 70.4 Å². The maximum atomic E-state index is 13.2. The first-order valence-electron chi connectivity index (χ1n) is 11.8. The van der Waals surface area contributed by atoms with Crippen molar-refractivity contribution in [2.24, 2.45) is 0 Å². The molecular formula is C28H24ClFN4O2S. The molecule has 2 atom stereocenters. The molecule has 37 heavy (non-hydrogen) atoms. The van der Waals surface area contributed by atoms with E-state index in [1.54, 1.807) is 6.20 Å². The quantitative estimate of drug-likeness (QED) is 0.266. The number of benzene rings is 2. The van der Waals surface area contributed by atoms with Gasteiger partial charge in [0.15, 0.2) is 5.11 Å². The van der Waals surface area contributed by atoms with Crippen molar-refractivity contribution in [3.63, 3.8) is 0 Å². The number of pyridine rings is 1. The molecule has 0 radical (unpaired) electrons. The van der Waals surface area contributed by atoms with Gasteiger partial charge < -0.3 is 20.0 Å². The number of aryl methyl sites for hydroxylation is 1. The van der Waals surface area contributed by atoms with E-state index < -0.39 is 0 Å². The van der Waals surface area contributed by atoms with Crippen molar-refractivity contribution < 1.29 is 13.6 Å². The molecule has 1 aliphatic heterocycles. The second-order valence-corrected chi connectivity index (χ2v) is 9.58. The molecule has 3 heterocycles. The molecule has 0 saturated carbocycles. The number of carbonyl (C=O) groups is 1. The van der Waals surface area contributed by atoms with E-state index in [-0.39, 0.29) is 30.2 Å². The van der Waals surface area contributed by atoms with Crippen LogP contribution in [0.2, 0.25) is 5.02 Å². The number of furan rings is 1. The van der Waals surface area contributed by atoms with Gasteiger partial charge in [-0.3, -0.25) is 9.78 Å². The number of hydrogen-bond donors (Lipinski definition) is 2. The minimum Gasteiger partial charge on any atom is -0.459 e. The zero-order chi connectivity index (χ0) is 25.9. The summed E-state index contributed by atoms with van der Waals surface area (Å²) < 4.78 is 19.5. The number of halogens is 2. The van der Waals surface area contributed by atoms with E-state index in [0.717, 1.165) is 16.8 Å². The zero-order valence-corrected chi connectivity index (χ0v) is 21.5. The van der Waals surface area contributed by atoms with E-state index in [0.29, 0.717) is 33.9 Å². The fourth-order valence-corrected chi connectivity index (χ4v) is 4.86. The van der Waals surface area contributed by atoms with Gasteiger partial charge in [0.1, 0.15) is 23.4 Å². The van der Waals surface area contributed by atoms with Crippen LogP contribution < -0.4 is 10.6 Å². The van der Waals surface area contributed by atoms with Gasteiger partial charge >= 0.3 is 0 Å². The predicted molar refractivity (Wildman–Crippen MR) is 146 cm³/mol. The van der Waals surface area contributed by atoms with Crippen molar-refractivity contribution in [1.29, 1.82) is 0 Å². The molecule has 1 amide bonds. The largest absolute Gasteiger partial charge is 0.459 e. The molecule has 9 heteroatoms. The average molecular weight is 535 g/mol. The van der Waals surface area contributed by atoms with Gasteiger partial charge in [0.2, 0.25) is 5.91 Å². The molecule has 0 bridgehead atoms. The minimum atomic E-state index is -0.361. The number of carbonyl (C=O) groups excluding carboxylic acids is 1. The highest BCUT2D eigenvalue weighted by Crippen LogP contribution is 2.40. The maximum absolute atomic E-state index is 13.2. The van der Waals surface area contributed by atoms with Crippen LogP contribution in [0, 0.1) is 12.7 Å². The number of anilines is 1. The first-order valence-corrected chi connectivity index (χ1v) is 12.6. The molecule has 6 nitrogen and oxygen atoms in total. The van der Waals surface area contributed by atoms with E-state index in [1.165, 1.54) is 24.3 Å². The lowest BCUT2D eigenvalue weighted by Crippen LogP contribution is -2.32. The average Bonchev–Trinajstić information content (AvgIpc) is 3.51. The van der Waals surface area contributed by atoms with Crippen LogP contribution >= 0.6 is 23.8 Å². The molecule has 0 aliphatic carbocycles. The molecule has 2 N–H and O–H groups in total. The van der Waals surface area contributed by atoms with Gasteiger partial charge in [-0.25, -0.2) is 4.39 Å². The van der Waals surface area contributed by atoms with Crippen LogP contribution in [-0.2, 0) is 4.79 Å². The lowest BCUT2D eigenvalue weighted by Gasteiger charge is -2.25. The van der Waals surface area contributed by atoms with E-state index in [2.05, 4.69) is 15.6 Å². The molecule has 5 rings (SSSR count). The van der Waals surface area contributed by atoms with Crippen LogP contribution in [0.25, 0.3) is 11.3 Å². The molecule has 2 aromatic heterocycles. The number of amides is 1. The van der Waals surface area contributed by atoms with Gasteiger partial charge in [0, 0.05) is 35.4 Å². The van der Waals surface area contributed by atoms with Crippen molar-refractivity contribution in [2.45, 2.75) is 25.4 Å². The van der Waals surface area contributed by atoms with E-state index in [4.69, 9.17) is 28.2 Å². The summed E-state index contributed by atoms with van der Waals surface area (Å²) in [4.78, 5) is 19.1. The van der Waals surface area contributed by atoms with E-state index in [9.17, 15) is 9.18 Å². The number of nitrogens with zero attached hydrogens (tertiary/aromatic N) is 2. The Morgan fingerprint density at radius 2 is 1.97 bits per heavy atom. The van der Waals surface area contributed by atoms with Gasteiger partial charge in [-0.1, -0.05) is 29.8 Å². The van der Waals surface area contributed by atoms with Gasteiger partial charge in [0.05, 0.1) is 11.7 Å². The third kappa shape index (κ3) is 5.50. The molecular weight excluding hydrogens is 511 g/mol. The molecule has 1 saturated heterocycles. The van der Waals surface area contributed by atoms with Crippen LogP contribution in [0.4, 0.5) is 10.1 Å². The van der Waals surface area contributed by atoms with Crippen LogP contribution in [0.1, 0.15) is 35.5 Å². The lowest BCUT2D eigenvalue weighted by molar-refractivity contribution is -0.116. The highest BCUT2D eigenvalue weighted by atomic mass is 35.5. The van der Waals surface area contributed by atoms with Gasteiger partial charge in [-0.2, -0.15) is 0 Å². The Kier molecular flexibility index (Phi) is 7.21. The summed E-state index contributed by atoms with van der Waals surface area (Å²) in [6.45, 7) is 2.30. The molecule has 0 unspecified atom stereocenters. The second kappa shape index (κ2) is 10.7. The lowest BCUT2D eigenvalue weighted by atomic mass is 10.0. The van der Waals surface area contributed by atoms with Crippen molar-refractivity contribution in [1.82, 2.24) is 15.2 Å². The first-order chi connectivity index (χ1) is 17.9. The highest BCUT2D eigenvalue weighted by Gasteiger charge is 2.41. The molecule has 1 aliphatic rings. The zero-order valence-electron chi connectivity index (χ0n) is 19.9. The number of nitrogens with one attached hydrogen (secondary N) is 2. The summed E-state index contributed by atoms with van der Waals surface area (Å²) in [5, 5.41) is 7.32. The molecule has 0 spiro atoms. The number of thiocarbonyl (C=S) groups is 1. The highest BCUT2D eigenvalue weighted by molar-refractivity contribution is 7.80. The number of aromatic nitrogens is 1. The van der Waals surface area contributed by atoms with Crippen LogP contribution in [0.5, 0.6) is 0 Å². The van der Waals surface area contributed by atoms with Crippen molar-refractivity contribution in [3.05, 3.63) is 107 Å². The molecule has 188 valence electrons. The Balaban J connectivity index is 1.40. The third-order valence-electron chi connectivity index (χ3n) is 6.28. The smallest absolute Gasteiger partial charge is 0.226 e. The normalized spacial score (nSPS) is 17.1. The Hall–Kier alpha value is -3.75. The fraction of sp³-hybridized carbons (Fsp3) is 0.179. The third-order valence-corrected chi connectivity index (χ3v) is 7.04. The number of rotatable bonds is 7. The summed E-state index contributed by atoms with van der Waals surface area (Å²) in [7, 11) is 0. The van der Waals surface area contributed by atoms with Crippen molar-refractivity contribution in [3.8, 4) is 11.3 Å². The monoisotopic (exact) mass is 534 g/mol. The maximum Gasteiger partial charge on any atom is 0.226 e.